The fourth-order valence-corrected chi connectivity index (χ4v) is 4.20. The SMILES string of the molecule is CC1=CC(=O)N(c2ccc(C(=O)OC(CS(=O)(=O)O)(C(F)(F)F)C(F)(F)F)c(I)c2)C1=O. The number of imide groups is 1. The second kappa shape index (κ2) is 8.29. The molecule has 0 unspecified atom stereocenters. The van der Waals surface area contributed by atoms with Crippen LogP contribution in [0.4, 0.5) is 32.0 Å². The van der Waals surface area contributed by atoms with Crippen LogP contribution in [0.25, 0.3) is 0 Å². The van der Waals surface area contributed by atoms with Crippen molar-refractivity contribution in [3.8, 4) is 0 Å². The Labute approximate surface area is 189 Å². The van der Waals surface area contributed by atoms with Gasteiger partial charge in [0.05, 0.1) is 11.3 Å². The monoisotopic (exact) mass is 601 g/mol. The van der Waals surface area contributed by atoms with Crippen molar-refractivity contribution in [2.24, 2.45) is 0 Å². The fraction of sp³-hybridized carbons (Fsp3) is 0.312. The highest BCUT2D eigenvalue weighted by Gasteiger charge is 2.76. The Hall–Kier alpha value is -2.21. The molecule has 0 aromatic heterocycles. The van der Waals surface area contributed by atoms with Crippen LogP contribution in [0.1, 0.15) is 17.3 Å². The maximum Gasteiger partial charge on any atom is 0.438 e. The van der Waals surface area contributed by atoms with Gasteiger partial charge >= 0.3 is 23.9 Å². The lowest BCUT2D eigenvalue weighted by molar-refractivity contribution is -0.356. The number of halogens is 7. The summed E-state index contributed by atoms with van der Waals surface area (Å²) in [6.45, 7) is 1.33. The highest BCUT2D eigenvalue weighted by molar-refractivity contribution is 14.1. The van der Waals surface area contributed by atoms with Gasteiger partial charge in [-0.15, -0.1) is 0 Å². The quantitative estimate of drug-likeness (QED) is 0.181. The Morgan fingerprint density at radius 1 is 1.12 bits per heavy atom. The highest BCUT2D eigenvalue weighted by Crippen LogP contribution is 2.47. The summed E-state index contributed by atoms with van der Waals surface area (Å²) >= 11 is 1.33. The third-order valence-electron chi connectivity index (χ3n) is 4.10. The normalized spacial score (nSPS) is 15.8. The number of esters is 1. The molecule has 0 aliphatic carbocycles. The summed E-state index contributed by atoms with van der Waals surface area (Å²) in [6, 6.07) is 2.54. The number of ether oxygens (including phenoxy) is 1. The minimum absolute atomic E-state index is 0.0684. The molecular formula is C16H10F6INO7S. The maximum atomic E-state index is 13.3. The van der Waals surface area contributed by atoms with Gasteiger partial charge < -0.3 is 4.74 Å². The largest absolute Gasteiger partial charge is 0.438 e. The second-order valence-electron chi connectivity index (χ2n) is 6.41. The van der Waals surface area contributed by atoms with E-state index >= 15 is 0 Å². The molecule has 0 fully saturated rings. The van der Waals surface area contributed by atoms with Crippen molar-refractivity contribution in [2.75, 3.05) is 10.7 Å². The van der Waals surface area contributed by atoms with Crippen molar-refractivity contribution in [3.63, 3.8) is 0 Å². The molecule has 1 aliphatic heterocycles. The van der Waals surface area contributed by atoms with Crippen LogP contribution in [0.3, 0.4) is 0 Å². The highest BCUT2D eigenvalue weighted by atomic mass is 127. The van der Waals surface area contributed by atoms with E-state index in [0.29, 0.717) is 11.0 Å². The molecule has 16 heteroatoms. The molecule has 1 heterocycles. The molecule has 0 saturated carbocycles. The first-order valence-electron chi connectivity index (χ1n) is 7.99. The smallest absolute Gasteiger partial charge is 0.435 e. The van der Waals surface area contributed by atoms with Gasteiger partial charge in [-0.2, -0.15) is 34.8 Å². The van der Waals surface area contributed by atoms with Gasteiger partial charge in [0.15, 0.2) is 0 Å². The molecule has 0 bridgehead atoms. The van der Waals surface area contributed by atoms with Crippen molar-refractivity contribution < 1.29 is 58.4 Å². The number of hydrogen-bond acceptors (Lipinski definition) is 6. The van der Waals surface area contributed by atoms with E-state index in [1.54, 1.807) is 0 Å². The zero-order valence-electron chi connectivity index (χ0n) is 15.4. The van der Waals surface area contributed by atoms with Crippen LogP contribution in [0, 0.1) is 3.57 Å². The molecule has 2 rings (SSSR count). The van der Waals surface area contributed by atoms with Crippen molar-refractivity contribution in [2.45, 2.75) is 24.9 Å². The van der Waals surface area contributed by atoms with Crippen LogP contribution in [0.2, 0.25) is 0 Å². The molecule has 2 amide bonds. The van der Waals surface area contributed by atoms with Gasteiger partial charge in [-0.25, -0.2) is 9.69 Å². The van der Waals surface area contributed by atoms with Crippen LogP contribution in [-0.2, 0) is 24.4 Å². The topological polar surface area (TPSA) is 118 Å². The Bertz CT molecular complexity index is 1110. The van der Waals surface area contributed by atoms with E-state index < -0.39 is 57.2 Å². The van der Waals surface area contributed by atoms with Crippen LogP contribution < -0.4 is 4.90 Å². The molecule has 176 valence electrons. The van der Waals surface area contributed by atoms with E-state index in [-0.39, 0.29) is 14.8 Å². The molecular weight excluding hydrogens is 591 g/mol. The molecule has 32 heavy (non-hydrogen) atoms. The van der Waals surface area contributed by atoms with Gasteiger partial charge in [-0.05, 0) is 47.7 Å². The average molecular weight is 601 g/mol. The van der Waals surface area contributed by atoms with Crippen molar-refractivity contribution >= 4 is 56.2 Å². The number of alkyl halides is 6. The number of carbonyl (C=O) groups excluding carboxylic acids is 3. The average Bonchev–Trinajstić information content (AvgIpc) is 2.83. The number of benzene rings is 1. The van der Waals surface area contributed by atoms with Crippen molar-refractivity contribution in [1.29, 1.82) is 0 Å². The van der Waals surface area contributed by atoms with Crippen LogP contribution >= 0.6 is 22.6 Å². The lowest BCUT2D eigenvalue weighted by Gasteiger charge is -2.35. The number of nitrogens with zero attached hydrogens (tertiary/aromatic N) is 1. The molecule has 0 saturated heterocycles. The number of amides is 2. The van der Waals surface area contributed by atoms with E-state index in [2.05, 4.69) is 4.74 Å². The van der Waals surface area contributed by atoms with Crippen LogP contribution in [0.5, 0.6) is 0 Å². The summed E-state index contributed by atoms with van der Waals surface area (Å²) in [4.78, 5) is 36.7. The van der Waals surface area contributed by atoms with Crippen molar-refractivity contribution in [3.05, 3.63) is 39.0 Å². The van der Waals surface area contributed by atoms with E-state index in [0.717, 1.165) is 18.2 Å². The molecule has 0 radical (unpaired) electrons. The molecule has 1 N–H and O–H groups in total. The Kier molecular flexibility index (Phi) is 6.75. The summed E-state index contributed by atoms with van der Waals surface area (Å²) in [6.07, 6.45) is -12.0. The van der Waals surface area contributed by atoms with Crippen molar-refractivity contribution in [1.82, 2.24) is 0 Å². The predicted octanol–water partition coefficient (Wildman–Crippen LogP) is 3.02. The van der Waals surface area contributed by atoms with Crippen LogP contribution in [-0.4, -0.2) is 54.5 Å². The summed E-state index contributed by atoms with van der Waals surface area (Å²) in [5.74, 6) is -6.73. The third-order valence-corrected chi connectivity index (χ3v) is 5.76. The molecule has 1 aromatic carbocycles. The first-order valence-corrected chi connectivity index (χ1v) is 10.7. The molecule has 0 atom stereocenters. The minimum atomic E-state index is -6.47. The number of carbonyl (C=O) groups is 3. The fourth-order valence-electron chi connectivity index (χ4n) is 2.58. The van der Waals surface area contributed by atoms with E-state index in [1.165, 1.54) is 29.5 Å². The van der Waals surface area contributed by atoms with E-state index in [9.17, 15) is 49.1 Å². The number of anilines is 1. The second-order valence-corrected chi connectivity index (χ2v) is 9.02. The Morgan fingerprint density at radius 2 is 1.66 bits per heavy atom. The maximum absolute atomic E-state index is 13.3. The molecule has 1 aliphatic rings. The molecule has 0 spiro atoms. The number of hydrogen-bond donors (Lipinski definition) is 1. The summed E-state index contributed by atoms with van der Waals surface area (Å²) < 4.78 is 114. The zero-order valence-corrected chi connectivity index (χ0v) is 18.4. The number of rotatable bonds is 5. The van der Waals surface area contributed by atoms with Gasteiger partial charge in [0, 0.05) is 15.2 Å². The van der Waals surface area contributed by atoms with Gasteiger partial charge in [0.25, 0.3) is 21.9 Å². The summed E-state index contributed by atoms with van der Waals surface area (Å²) in [5, 5.41) is 0. The van der Waals surface area contributed by atoms with Crippen LogP contribution in [0.15, 0.2) is 29.8 Å². The Balaban J connectivity index is 2.49. The van der Waals surface area contributed by atoms with Gasteiger partial charge in [-0.3, -0.25) is 14.1 Å². The van der Waals surface area contributed by atoms with E-state index in [1.807, 2.05) is 0 Å². The minimum Gasteiger partial charge on any atom is -0.435 e. The molecule has 8 nitrogen and oxygen atoms in total. The lowest BCUT2D eigenvalue weighted by Crippen LogP contribution is -2.63. The first-order chi connectivity index (χ1) is 14.3. The Morgan fingerprint density at radius 3 is 2.03 bits per heavy atom. The summed E-state index contributed by atoms with van der Waals surface area (Å²) in [5.41, 5.74) is -6.48. The van der Waals surface area contributed by atoms with Gasteiger partial charge in [-0.1, -0.05) is 0 Å². The molecule has 1 aromatic rings. The van der Waals surface area contributed by atoms with Gasteiger partial charge in [0.1, 0.15) is 5.75 Å². The summed E-state index contributed by atoms with van der Waals surface area (Å²) in [7, 11) is -5.93. The first kappa shape index (κ1) is 26.0. The predicted molar refractivity (Wildman–Crippen MR) is 102 cm³/mol. The lowest BCUT2D eigenvalue weighted by atomic mass is 10.1. The standard InChI is InChI=1S/C16H10F6INO7S/c1-7-4-11(25)24(12(7)26)8-2-3-9(10(23)5-8)13(27)31-14(15(17,18)19,16(20,21)22)6-32(28,29)30/h2-5H,6H2,1H3,(H,28,29,30). The third kappa shape index (κ3) is 4.90. The zero-order chi connectivity index (χ0) is 24.9. The van der Waals surface area contributed by atoms with E-state index in [4.69, 9.17) is 4.55 Å². The van der Waals surface area contributed by atoms with Gasteiger partial charge in [0.2, 0.25) is 0 Å².